The second kappa shape index (κ2) is 8.75. The van der Waals surface area contributed by atoms with Crippen molar-refractivity contribution in [2.75, 3.05) is 6.16 Å². The molecule has 0 N–H and O–H groups in total. The first kappa shape index (κ1) is 11.7. The van der Waals surface area contributed by atoms with Crippen LogP contribution in [0.4, 0.5) is 0 Å². The van der Waals surface area contributed by atoms with Crippen LogP contribution in [-0.4, -0.2) is 6.16 Å². The lowest BCUT2D eigenvalue weighted by atomic mass is 10.1. The molecule has 0 aromatic heterocycles. The smallest absolute Gasteiger partial charge is 0.0903 e. The van der Waals surface area contributed by atoms with Gasteiger partial charge in [-0.25, -0.2) is 0 Å². The summed E-state index contributed by atoms with van der Waals surface area (Å²) in [7, 11) is 1.15. The maximum Gasteiger partial charge on any atom is 0.0903 e. The Kier molecular flexibility index (Phi) is 9.28. The summed E-state index contributed by atoms with van der Waals surface area (Å²) in [6.45, 7) is 2.22. The molecule has 0 spiro atoms. The third-order valence-electron chi connectivity index (χ3n) is 1.78. The maximum absolute atomic E-state index is 10.7. The highest BCUT2D eigenvalue weighted by atomic mass is 32.0. The second-order valence-corrected chi connectivity index (χ2v) is 6.35. The Bertz CT molecular complexity index is 104. The average Bonchev–Trinajstić information content (AvgIpc) is 1.96. The van der Waals surface area contributed by atoms with E-state index in [0.29, 0.717) is 0 Å². The van der Waals surface area contributed by atoms with Crippen LogP contribution in [0.5, 0.6) is 0 Å². The van der Waals surface area contributed by atoms with Crippen LogP contribution in [0.25, 0.3) is 0 Å². The number of unbranched alkanes of at least 4 members (excludes halogenated alkanes) is 5. The van der Waals surface area contributed by atoms with Crippen molar-refractivity contribution < 1.29 is 4.57 Å². The van der Waals surface area contributed by atoms with Crippen molar-refractivity contribution in [3.8, 4) is 0 Å². The Hall–Kier alpha value is 0.660. The first-order valence-corrected chi connectivity index (χ1v) is 7.98. The minimum atomic E-state index is -1.26. The normalized spacial score (nSPS) is 13.3. The predicted molar refractivity (Wildman–Crippen MR) is 57.0 cm³/mol. The van der Waals surface area contributed by atoms with Gasteiger partial charge in [-0.05, 0) is 6.42 Å². The SMILES string of the molecule is CCCCCCCC[PH](=O)P. The second-order valence-electron chi connectivity index (χ2n) is 2.98. The molecule has 1 nitrogen and oxygen atoms in total. The van der Waals surface area contributed by atoms with Gasteiger partial charge in [-0.15, -0.1) is 0 Å². The Morgan fingerprint density at radius 2 is 1.64 bits per heavy atom. The average molecular weight is 194 g/mol. The van der Waals surface area contributed by atoms with E-state index in [2.05, 4.69) is 15.9 Å². The molecule has 0 aliphatic heterocycles. The summed E-state index contributed by atoms with van der Waals surface area (Å²) >= 11 is 0. The minimum absolute atomic E-state index is 0.932. The quantitative estimate of drug-likeness (QED) is 0.446. The molecule has 2 atom stereocenters. The van der Waals surface area contributed by atoms with Crippen molar-refractivity contribution in [1.29, 1.82) is 0 Å². The van der Waals surface area contributed by atoms with Crippen LogP contribution < -0.4 is 0 Å². The third-order valence-corrected chi connectivity index (χ3v) is 3.49. The van der Waals surface area contributed by atoms with E-state index in [0.717, 1.165) is 12.6 Å². The molecule has 2 unspecified atom stereocenters. The van der Waals surface area contributed by atoms with E-state index in [1.807, 2.05) is 0 Å². The number of hydrogen-bond donors (Lipinski definition) is 0. The van der Waals surface area contributed by atoms with Gasteiger partial charge in [-0.1, -0.05) is 48.0 Å². The fourth-order valence-electron chi connectivity index (χ4n) is 1.08. The van der Waals surface area contributed by atoms with E-state index in [-0.39, 0.29) is 0 Å². The van der Waals surface area contributed by atoms with Crippen molar-refractivity contribution in [2.45, 2.75) is 45.4 Å². The van der Waals surface area contributed by atoms with Crippen LogP contribution in [0.2, 0.25) is 0 Å². The maximum atomic E-state index is 10.7. The fraction of sp³-hybridized carbons (Fsp3) is 1.00. The zero-order valence-corrected chi connectivity index (χ0v) is 9.59. The van der Waals surface area contributed by atoms with Gasteiger partial charge < -0.3 is 4.57 Å². The lowest BCUT2D eigenvalue weighted by Crippen LogP contribution is -1.79. The van der Waals surface area contributed by atoms with Crippen molar-refractivity contribution >= 4 is 16.4 Å². The standard InChI is InChI=1S/C8H20OP2/c1-2-3-4-5-6-7-8-11(9)10/h11H,2-8,10H2,1H3. The molecule has 0 saturated carbocycles. The van der Waals surface area contributed by atoms with E-state index >= 15 is 0 Å². The predicted octanol–water partition coefficient (Wildman–Crippen LogP) is 3.70. The zero-order chi connectivity index (χ0) is 8.53. The molecule has 0 aromatic rings. The molecular formula is C8H20OP2. The third kappa shape index (κ3) is 10.7. The summed E-state index contributed by atoms with van der Waals surface area (Å²) in [5.41, 5.74) is 0. The van der Waals surface area contributed by atoms with Gasteiger partial charge in [0.2, 0.25) is 0 Å². The van der Waals surface area contributed by atoms with Crippen LogP contribution in [0, 0.1) is 0 Å². The Morgan fingerprint density at radius 3 is 2.18 bits per heavy atom. The van der Waals surface area contributed by atoms with Crippen LogP contribution in [0.3, 0.4) is 0 Å². The fourth-order valence-corrected chi connectivity index (χ4v) is 2.29. The van der Waals surface area contributed by atoms with Gasteiger partial charge in [0.25, 0.3) is 0 Å². The summed E-state index contributed by atoms with van der Waals surface area (Å²) in [6.07, 6.45) is 8.70. The summed E-state index contributed by atoms with van der Waals surface area (Å²) < 4.78 is 10.7. The van der Waals surface area contributed by atoms with E-state index in [4.69, 9.17) is 0 Å². The van der Waals surface area contributed by atoms with Gasteiger partial charge in [-0.2, -0.15) is 0 Å². The van der Waals surface area contributed by atoms with Crippen molar-refractivity contribution in [2.24, 2.45) is 0 Å². The van der Waals surface area contributed by atoms with Crippen molar-refractivity contribution in [1.82, 2.24) is 0 Å². The zero-order valence-electron chi connectivity index (χ0n) is 7.44. The van der Waals surface area contributed by atoms with Gasteiger partial charge >= 0.3 is 0 Å². The van der Waals surface area contributed by atoms with Gasteiger partial charge in [0.05, 0.1) is 7.49 Å². The number of rotatable bonds is 7. The molecule has 11 heavy (non-hydrogen) atoms. The topological polar surface area (TPSA) is 17.1 Å². The highest BCUT2D eigenvalue weighted by Crippen LogP contribution is 2.31. The molecule has 0 saturated heterocycles. The summed E-state index contributed by atoms with van der Waals surface area (Å²) in [6, 6.07) is 0. The first-order chi connectivity index (χ1) is 5.27. The minimum Gasteiger partial charge on any atom is -0.323 e. The summed E-state index contributed by atoms with van der Waals surface area (Å²) in [4.78, 5) is 0. The largest absolute Gasteiger partial charge is 0.323 e. The van der Waals surface area contributed by atoms with Crippen molar-refractivity contribution in [3.05, 3.63) is 0 Å². The molecule has 0 rings (SSSR count). The van der Waals surface area contributed by atoms with Crippen LogP contribution in [0.15, 0.2) is 0 Å². The van der Waals surface area contributed by atoms with Gasteiger partial charge in [-0.3, -0.25) is 0 Å². The van der Waals surface area contributed by atoms with Crippen molar-refractivity contribution in [3.63, 3.8) is 0 Å². The molecule has 0 aromatic carbocycles. The lowest BCUT2D eigenvalue weighted by molar-refractivity contribution is 0.589. The molecule has 3 heteroatoms. The molecular weight excluding hydrogens is 174 g/mol. The van der Waals surface area contributed by atoms with Crippen LogP contribution in [0.1, 0.15) is 45.4 Å². The molecule has 0 heterocycles. The van der Waals surface area contributed by atoms with Gasteiger partial charge in [0, 0.05) is 6.16 Å². The first-order valence-electron chi connectivity index (χ1n) is 4.55. The number of hydrogen-bond acceptors (Lipinski definition) is 1. The lowest BCUT2D eigenvalue weighted by Gasteiger charge is -1.97. The van der Waals surface area contributed by atoms with E-state index in [1.54, 1.807) is 0 Å². The Morgan fingerprint density at radius 1 is 1.09 bits per heavy atom. The van der Waals surface area contributed by atoms with E-state index < -0.39 is 7.49 Å². The monoisotopic (exact) mass is 194 g/mol. The molecule has 0 bridgehead atoms. The van der Waals surface area contributed by atoms with E-state index in [9.17, 15) is 4.57 Å². The summed E-state index contributed by atoms with van der Waals surface area (Å²) in [5.74, 6) is 0. The Balaban J connectivity index is 2.85. The molecule has 0 aliphatic rings. The molecule has 0 fully saturated rings. The molecule has 0 radical (unpaired) electrons. The molecule has 68 valence electrons. The van der Waals surface area contributed by atoms with E-state index in [1.165, 1.54) is 32.1 Å². The Labute approximate surface area is 73.2 Å². The van der Waals surface area contributed by atoms with Gasteiger partial charge in [0.15, 0.2) is 0 Å². The van der Waals surface area contributed by atoms with Crippen LogP contribution >= 0.6 is 16.4 Å². The molecule has 0 aliphatic carbocycles. The van der Waals surface area contributed by atoms with Crippen LogP contribution in [-0.2, 0) is 4.57 Å². The summed E-state index contributed by atoms with van der Waals surface area (Å²) in [5, 5.41) is 0. The molecule has 0 amide bonds. The van der Waals surface area contributed by atoms with Gasteiger partial charge in [0.1, 0.15) is 0 Å². The highest BCUT2D eigenvalue weighted by molar-refractivity contribution is 8.06. The highest BCUT2D eigenvalue weighted by Gasteiger charge is 1.91.